The van der Waals surface area contributed by atoms with Gasteiger partial charge in [0.15, 0.2) is 0 Å². The van der Waals surface area contributed by atoms with Crippen molar-refractivity contribution in [3.05, 3.63) is 70.8 Å². The van der Waals surface area contributed by atoms with Crippen molar-refractivity contribution in [2.75, 3.05) is 6.54 Å². The SMILES string of the molecule is CCC12CC3CC1CC2Cc1ccc(CCNC(=O)c2ccccc2)cc13. The Bertz CT molecular complexity index is 858. The zero-order chi connectivity index (χ0) is 18.4. The van der Waals surface area contributed by atoms with E-state index in [0.717, 1.165) is 29.7 Å². The first kappa shape index (κ1) is 17.0. The molecule has 0 aliphatic heterocycles. The van der Waals surface area contributed by atoms with Crippen LogP contribution >= 0.6 is 0 Å². The zero-order valence-electron chi connectivity index (χ0n) is 16.2. The second-order valence-electron chi connectivity index (χ2n) is 8.96. The first-order valence-electron chi connectivity index (χ1n) is 10.6. The maximum Gasteiger partial charge on any atom is 0.251 e. The molecule has 0 aromatic heterocycles. The van der Waals surface area contributed by atoms with Crippen molar-refractivity contribution < 1.29 is 4.79 Å². The second-order valence-corrected chi connectivity index (χ2v) is 8.96. The molecule has 4 atom stereocenters. The fraction of sp³-hybridized carbons (Fsp3) is 0.480. The Labute approximate surface area is 162 Å². The van der Waals surface area contributed by atoms with E-state index >= 15 is 0 Å². The number of hydrogen-bond acceptors (Lipinski definition) is 1. The van der Waals surface area contributed by atoms with Gasteiger partial charge < -0.3 is 5.32 Å². The van der Waals surface area contributed by atoms with Gasteiger partial charge in [0, 0.05) is 12.1 Å². The van der Waals surface area contributed by atoms with Crippen LogP contribution in [-0.4, -0.2) is 12.5 Å². The van der Waals surface area contributed by atoms with Crippen LogP contribution in [0.25, 0.3) is 0 Å². The number of amides is 1. The Balaban J connectivity index is 1.27. The molecule has 2 saturated carbocycles. The van der Waals surface area contributed by atoms with Gasteiger partial charge in [-0.3, -0.25) is 4.79 Å². The van der Waals surface area contributed by atoms with Gasteiger partial charge in [0.2, 0.25) is 0 Å². The van der Waals surface area contributed by atoms with Crippen LogP contribution < -0.4 is 5.32 Å². The summed E-state index contributed by atoms with van der Waals surface area (Å²) < 4.78 is 0. The zero-order valence-corrected chi connectivity index (χ0v) is 16.2. The molecule has 140 valence electrons. The van der Waals surface area contributed by atoms with Crippen molar-refractivity contribution in [3.8, 4) is 0 Å². The van der Waals surface area contributed by atoms with Gasteiger partial charge in [-0.2, -0.15) is 0 Å². The lowest BCUT2D eigenvalue weighted by Gasteiger charge is -2.53. The molecule has 1 amide bonds. The van der Waals surface area contributed by atoms with E-state index in [2.05, 4.69) is 30.4 Å². The number of fused-ring (bicyclic) bond motifs is 3. The third-order valence-electron chi connectivity index (χ3n) is 7.90. The summed E-state index contributed by atoms with van der Waals surface area (Å²) in [5, 5.41) is 3.06. The van der Waals surface area contributed by atoms with E-state index < -0.39 is 0 Å². The van der Waals surface area contributed by atoms with Crippen molar-refractivity contribution in [2.24, 2.45) is 17.3 Å². The second kappa shape index (κ2) is 6.51. The maximum absolute atomic E-state index is 12.2. The van der Waals surface area contributed by atoms with Gasteiger partial charge in [-0.1, -0.05) is 43.3 Å². The highest BCUT2D eigenvalue weighted by atomic mass is 16.1. The third-order valence-corrected chi connectivity index (χ3v) is 7.90. The van der Waals surface area contributed by atoms with E-state index in [1.165, 1.54) is 37.7 Å². The minimum absolute atomic E-state index is 0.0222. The van der Waals surface area contributed by atoms with Gasteiger partial charge in [-0.05, 0) is 90.5 Å². The van der Waals surface area contributed by atoms with E-state index in [1.807, 2.05) is 30.3 Å². The largest absolute Gasteiger partial charge is 0.352 e. The van der Waals surface area contributed by atoms with Crippen LogP contribution in [0, 0.1) is 17.3 Å². The molecule has 1 N–H and O–H groups in total. The number of carbonyl (C=O) groups excluding carboxylic acids is 1. The van der Waals surface area contributed by atoms with Crippen LogP contribution in [0.3, 0.4) is 0 Å². The summed E-state index contributed by atoms with van der Waals surface area (Å²) in [5.41, 5.74) is 6.00. The van der Waals surface area contributed by atoms with Crippen LogP contribution in [0.5, 0.6) is 0 Å². The van der Waals surface area contributed by atoms with Crippen molar-refractivity contribution in [3.63, 3.8) is 0 Å². The topological polar surface area (TPSA) is 29.1 Å². The molecule has 3 aliphatic rings. The van der Waals surface area contributed by atoms with Crippen molar-refractivity contribution in [2.45, 2.75) is 51.4 Å². The van der Waals surface area contributed by atoms with Crippen molar-refractivity contribution in [1.29, 1.82) is 0 Å². The summed E-state index contributed by atoms with van der Waals surface area (Å²) in [4.78, 5) is 12.2. The molecule has 27 heavy (non-hydrogen) atoms. The maximum atomic E-state index is 12.2. The summed E-state index contributed by atoms with van der Waals surface area (Å²) in [7, 11) is 0. The van der Waals surface area contributed by atoms with E-state index in [9.17, 15) is 4.79 Å². The molecule has 0 radical (unpaired) electrons. The molecule has 2 fully saturated rings. The van der Waals surface area contributed by atoms with E-state index in [-0.39, 0.29) is 5.91 Å². The summed E-state index contributed by atoms with van der Waals surface area (Å²) in [6.45, 7) is 3.11. The standard InChI is InChI=1S/C25H29NO/c1-2-25-16-20-14-22(25)15-21(25)13-19-9-8-17(12-23(19)20)10-11-26-24(27)18-6-4-3-5-7-18/h3-9,12,20-22H,2,10-11,13-16H2,1H3,(H,26,27). The number of benzene rings is 2. The van der Waals surface area contributed by atoms with E-state index in [0.29, 0.717) is 12.0 Å². The van der Waals surface area contributed by atoms with Gasteiger partial charge in [-0.25, -0.2) is 0 Å². The van der Waals surface area contributed by atoms with Gasteiger partial charge >= 0.3 is 0 Å². The summed E-state index contributed by atoms with van der Waals surface area (Å²) in [6, 6.07) is 16.6. The molecule has 0 spiro atoms. The van der Waals surface area contributed by atoms with Crippen LogP contribution in [0.2, 0.25) is 0 Å². The Hall–Kier alpha value is -2.09. The molecule has 0 saturated heterocycles. The lowest BCUT2D eigenvalue weighted by atomic mass is 9.52. The number of rotatable bonds is 5. The molecular weight excluding hydrogens is 330 g/mol. The number of hydrogen-bond donors (Lipinski definition) is 1. The summed E-state index contributed by atoms with van der Waals surface area (Å²) in [6.07, 6.45) is 7.86. The molecule has 4 unspecified atom stereocenters. The molecule has 2 nitrogen and oxygen atoms in total. The lowest BCUT2D eigenvalue weighted by Crippen LogP contribution is -2.46. The van der Waals surface area contributed by atoms with Crippen LogP contribution in [-0.2, 0) is 12.8 Å². The first-order valence-corrected chi connectivity index (χ1v) is 10.6. The highest BCUT2D eigenvalue weighted by molar-refractivity contribution is 5.94. The molecule has 2 aromatic carbocycles. The minimum atomic E-state index is 0.0222. The minimum Gasteiger partial charge on any atom is -0.352 e. The van der Waals surface area contributed by atoms with Crippen LogP contribution in [0.4, 0.5) is 0 Å². The molecule has 0 heterocycles. The average Bonchev–Trinajstić information content (AvgIpc) is 2.93. The quantitative estimate of drug-likeness (QED) is 0.788. The van der Waals surface area contributed by atoms with Gasteiger partial charge in [0.1, 0.15) is 0 Å². The van der Waals surface area contributed by atoms with Crippen molar-refractivity contribution >= 4 is 5.91 Å². The smallest absolute Gasteiger partial charge is 0.251 e. The molecule has 2 aromatic rings. The van der Waals surface area contributed by atoms with E-state index in [4.69, 9.17) is 0 Å². The Morgan fingerprint density at radius 1 is 1.11 bits per heavy atom. The van der Waals surface area contributed by atoms with Gasteiger partial charge in [0.05, 0.1) is 0 Å². The Kier molecular flexibility index (Phi) is 4.11. The third kappa shape index (κ3) is 2.72. The number of carbonyl (C=O) groups is 1. The Morgan fingerprint density at radius 3 is 2.78 bits per heavy atom. The van der Waals surface area contributed by atoms with Gasteiger partial charge in [0.25, 0.3) is 5.91 Å². The molecule has 5 rings (SSSR count). The fourth-order valence-corrected chi connectivity index (χ4v) is 6.42. The lowest BCUT2D eigenvalue weighted by molar-refractivity contribution is -0.0297. The number of nitrogens with one attached hydrogen (secondary N) is 1. The average molecular weight is 360 g/mol. The molecular formula is C25H29NO. The predicted molar refractivity (Wildman–Crippen MR) is 109 cm³/mol. The summed E-state index contributed by atoms with van der Waals surface area (Å²) >= 11 is 0. The first-order chi connectivity index (χ1) is 13.2. The normalized spacial score (nSPS) is 30.2. The highest BCUT2D eigenvalue weighted by Gasteiger charge is 2.59. The fourth-order valence-electron chi connectivity index (χ4n) is 6.42. The molecule has 3 aliphatic carbocycles. The highest BCUT2D eigenvalue weighted by Crippen LogP contribution is 2.69. The van der Waals surface area contributed by atoms with Crippen molar-refractivity contribution in [1.82, 2.24) is 5.32 Å². The van der Waals surface area contributed by atoms with Gasteiger partial charge in [-0.15, -0.1) is 0 Å². The van der Waals surface area contributed by atoms with E-state index in [1.54, 1.807) is 11.1 Å². The predicted octanol–water partition coefficient (Wildman–Crippen LogP) is 5.13. The molecule has 2 bridgehead atoms. The monoisotopic (exact) mass is 359 g/mol. The Morgan fingerprint density at radius 2 is 1.96 bits per heavy atom. The van der Waals surface area contributed by atoms with Crippen LogP contribution in [0.1, 0.15) is 65.6 Å². The molecule has 2 heteroatoms. The van der Waals surface area contributed by atoms with Crippen LogP contribution in [0.15, 0.2) is 48.5 Å². The summed E-state index contributed by atoms with van der Waals surface area (Å²) in [5.74, 6) is 2.71.